The monoisotopic (exact) mass is 295 g/mol. The highest BCUT2D eigenvalue weighted by Crippen LogP contribution is 2.40. The van der Waals surface area contributed by atoms with Gasteiger partial charge in [0.05, 0.1) is 6.61 Å². The second kappa shape index (κ2) is 5.67. The van der Waals surface area contributed by atoms with Crippen LogP contribution in [0, 0.1) is 5.41 Å². The first-order valence-electron chi connectivity index (χ1n) is 7.36. The summed E-state index contributed by atoms with van der Waals surface area (Å²) < 4.78 is 5.24. The number of hydrogen-bond acceptors (Lipinski definition) is 4. The van der Waals surface area contributed by atoms with Crippen LogP contribution in [-0.2, 0) is 5.41 Å². The van der Waals surface area contributed by atoms with Crippen LogP contribution in [0.25, 0.3) is 0 Å². The van der Waals surface area contributed by atoms with Gasteiger partial charge < -0.3 is 14.5 Å². The summed E-state index contributed by atoms with van der Waals surface area (Å²) in [6.07, 6.45) is 3.06. The van der Waals surface area contributed by atoms with Crippen LogP contribution in [-0.4, -0.2) is 41.4 Å². The molecule has 0 unspecified atom stereocenters. The van der Waals surface area contributed by atoms with Gasteiger partial charge in [0.25, 0.3) is 0 Å². The van der Waals surface area contributed by atoms with E-state index in [-0.39, 0.29) is 23.5 Å². The lowest BCUT2D eigenvalue weighted by Gasteiger charge is -2.42. The molecule has 1 aliphatic rings. The molecular weight excluding hydrogens is 270 g/mol. The summed E-state index contributed by atoms with van der Waals surface area (Å²) in [6.45, 7) is 6.74. The van der Waals surface area contributed by atoms with Crippen molar-refractivity contribution >= 4 is 11.8 Å². The Kier molecular flexibility index (Phi) is 4.27. The Morgan fingerprint density at radius 1 is 1.52 bits per heavy atom. The van der Waals surface area contributed by atoms with Crippen LogP contribution >= 0.6 is 0 Å². The zero-order chi connectivity index (χ0) is 15.7. The van der Waals surface area contributed by atoms with E-state index in [2.05, 4.69) is 10.5 Å². The van der Waals surface area contributed by atoms with Gasteiger partial charge in [0.15, 0.2) is 5.82 Å². The van der Waals surface area contributed by atoms with Gasteiger partial charge in [-0.1, -0.05) is 32.3 Å². The highest BCUT2D eigenvalue weighted by Gasteiger charge is 2.38. The van der Waals surface area contributed by atoms with Crippen LogP contribution in [0.3, 0.4) is 0 Å². The molecule has 1 heterocycles. The number of carbonyl (C=O) groups is 1. The van der Waals surface area contributed by atoms with E-state index in [0.717, 1.165) is 25.0 Å². The smallest absolute Gasteiger partial charge is 0.322 e. The third-order valence-corrected chi connectivity index (χ3v) is 4.15. The van der Waals surface area contributed by atoms with Gasteiger partial charge in [-0.3, -0.25) is 5.32 Å². The van der Waals surface area contributed by atoms with Crippen LogP contribution in [0.1, 0.15) is 45.8 Å². The molecule has 118 valence electrons. The molecule has 0 atom stereocenters. The third kappa shape index (κ3) is 3.56. The molecule has 0 aliphatic heterocycles. The van der Waals surface area contributed by atoms with Crippen LogP contribution in [0.2, 0.25) is 0 Å². The Bertz CT molecular complexity index is 495. The minimum atomic E-state index is -0.233. The number of aliphatic hydroxyl groups excluding tert-OH is 1. The highest BCUT2D eigenvalue weighted by molar-refractivity contribution is 5.88. The number of nitrogens with zero attached hydrogens (tertiary/aromatic N) is 2. The van der Waals surface area contributed by atoms with Crippen LogP contribution in [0.4, 0.5) is 10.6 Å². The highest BCUT2D eigenvalue weighted by atomic mass is 16.5. The van der Waals surface area contributed by atoms with E-state index < -0.39 is 0 Å². The molecule has 0 spiro atoms. The first-order chi connectivity index (χ1) is 9.76. The Balaban J connectivity index is 1.93. The molecule has 0 aromatic carbocycles. The number of anilines is 1. The molecule has 6 nitrogen and oxygen atoms in total. The van der Waals surface area contributed by atoms with Crippen LogP contribution < -0.4 is 5.32 Å². The van der Waals surface area contributed by atoms with Gasteiger partial charge in [-0.15, -0.1) is 0 Å². The van der Waals surface area contributed by atoms with Crippen molar-refractivity contribution in [3.63, 3.8) is 0 Å². The van der Waals surface area contributed by atoms with Crippen LogP contribution in [0.5, 0.6) is 0 Å². The fourth-order valence-electron chi connectivity index (χ4n) is 2.51. The molecule has 1 saturated carbocycles. The zero-order valence-corrected chi connectivity index (χ0v) is 13.3. The normalized spacial score (nSPS) is 17.2. The standard InChI is InChI=1S/C15H25N3O3/c1-14(2,3)11-8-12(17-21-11)16-13(20)18(4)9-15(10-19)6-5-7-15/h8,19H,5-7,9-10H2,1-4H3,(H,16,17,20). The Labute approximate surface area is 125 Å². The fraction of sp³-hybridized carbons (Fsp3) is 0.733. The molecule has 1 fully saturated rings. The van der Waals surface area contributed by atoms with Crippen molar-refractivity contribution in [2.45, 2.75) is 45.4 Å². The largest absolute Gasteiger partial charge is 0.396 e. The predicted octanol–water partition coefficient (Wildman–Crippen LogP) is 2.60. The van der Waals surface area contributed by atoms with E-state index >= 15 is 0 Å². The molecule has 0 bridgehead atoms. The van der Waals surface area contributed by atoms with E-state index in [1.165, 1.54) is 0 Å². The fourth-order valence-corrected chi connectivity index (χ4v) is 2.51. The minimum absolute atomic E-state index is 0.119. The topological polar surface area (TPSA) is 78.6 Å². The summed E-state index contributed by atoms with van der Waals surface area (Å²) in [5.41, 5.74) is -0.263. The molecule has 2 amide bonds. The maximum absolute atomic E-state index is 12.2. The molecule has 6 heteroatoms. The van der Waals surface area contributed by atoms with Gasteiger partial charge in [0.2, 0.25) is 0 Å². The Morgan fingerprint density at radius 3 is 2.62 bits per heavy atom. The van der Waals surface area contributed by atoms with Crippen molar-refractivity contribution in [3.8, 4) is 0 Å². The number of hydrogen-bond donors (Lipinski definition) is 2. The quantitative estimate of drug-likeness (QED) is 0.895. The van der Waals surface area contributed by atoms with Crippen molar-refractivity contribution in [2.75, 3.05) is 25.5 Å². The predicted molar refractivity (Wildman–Crippen MR) is 80.2 cm³/mol. The average molecular weight is 295 g/mol. The summed E-state index contributed by atoms with van der Waals surface area (Å²) in [4.78, 5) is 13.8. The Morgan fingerprint density at radius 2 is 2.19 bits per heavy atom. The van der Waals surface area contributed by atoms with Crippen molar-refractivity contribution < 1.29 is 14.4 Å². The lowest BCUT2D eigenvalue weighted by Crippen LogP contribution is -2.46. The molecule has 1 aliphatic carbocycles. The first-order valence-corrected chi connectivity index (χ1v) is 7.36. The number of aromatic nitrogens is 1. The number of rotatable bonds is 4. The molecule has 2 rings (SSSR count). The molecule has 0 radical (unpaired) electrons. The molecule has 21 heavy (non-hydrogen) atoms. The second-order valence-electron chi connectivity index (χ2n) is 7.12. The SMILES string of the molecule is CN(CC1(CO)CCC1)C(=O)Nc1cc(C(C)(C)C)on1. The van der Waals surface area contributed by atoms with Crippen molar-refractivity contribution in [1.82, 2.24) is 10.1 Å². The number of carbonyl (C=O) groups excluding carboxylic acids is 1. The van der Waals surface area contributed by atoms with Gasteiger partial charge in [0.1, 0.15) is 5.76 Å². The van der Waals surface area contributed by atoms with E-state index in [9.17, 15) is 9.90 Å². The van der Waals surface area contributed by atoms with Gasteiger partial charge in [0, 0.05) is 30.5 Å². The third-order valence-electron chi connectivity index (χ3n) is 4.15. The van der Waals surface area contributed by atoms with Gasteiger partial charge in [-0.2, -0.15) is 0 Å². The molecule has 1 aromatic rings. The number of aliphatic hydroxyl groups is 1. The summed E-state index contributed by atoms with van der Waals surface area (Å²) in [5.74, 6) is 1.15. The van der Waals surface area contributed by atoms with Gasteiger partial charge in [-0.25, -0.2) is 4.79 Å². The molecular formula is C15H25N3O3. The lowest BCUT2D eigenvalue weighted by atomic mass is 9.69. The van der Waals surface area contributed by atoms with E-state index in [1.54, 1.807) is 18.0 Å². The Hall–Kier alpha value is -1.56. The maximum atomic E-state index is 12.2. The van der Waals surface area contributed by atoms with Gasteiger partial charge in [-0.05, 0) is 12.8 Å². The minimum Gasteiger partial charge on any atom is -0.396 e. The van der Waals surface area contributed by atoms with E-state index in [0.29, 0.717) is 12.4 Å². The second-order valence-corrected chi connectivity index (χ2v) is 7.12. The summed E-state index contributed by atoms with van der Waals surface area (Å²) in [5, 5.41) is 16.1. The number of urea groups is 1. The number of nitrogens with one attached hydrogen (secondary N) is 1. The summed E-state index contributed by atoms with van der Waals surface area (Å²) in [6, 6.07) is 1.51. The van der Waals surface area contributed by atoms with Gasteiger partial charge >= 0.3 is 6.03 Å². The van der Waals surface area contributed by atoms with Crippen molar-refractivity contribution in [2.24, 2.45) is 5.41 Å². The number of amides is 2. The van der Waals surface area contributed by atoms with E-state index in [1.807, 2.05) is 20.8 Å². The van der Waals surface area contributed by atoms with Crippen LogP contribution in [0.15, 0.2) is 10.6 Å². The molecule has 1 aromatic heterocycles. The van der Waals surface area contributed by atoms with E-state index in [4.69, 9.17) is 4.52 Å². The first kappa shape index (κ1) is 15.8. The van der Waals surface area contributed by atoms with Crippen molar-refractivity contribution in [3.05, 3.63) is 11.8 Å². The summed E-state index contributed by atoms with van der Waals surface area (Å²) in [7, 11) is 1.73. The maximum Gasteiger partial charge on any atom is 0.322 e. The molecule has 2 N–H and O–H groups in total. The lowest BCUT2D eigenvalue weighted by molar-refractivity contribution is 0.0243. The average Bonchev–Trinajstić information content (AvgIpc) is 2.81. The summed E-state index contributed by atoms with van der Waals surface area (Å²) >= 11 is 0. The molecule has 0 saturated heterocycles. The van der Waals surface area contributed by atoms with Crippen molar-refractivity contribution in [1.29, 1.82) is 0 Å². The zero-order valence-electron chi connectivity index (χ0n) is 13.3.